The number of ether oxygens (including phenoxy) is 1. The molecule has 6 rings (SSSR count). The van der Waals surface area contributed by atoms with Gasteiger partial charge in [0.2, 0.25) is 10.4 Å². The van der Waals surface area contributed by atoms with Crippen LogP contribution >= 0.6 is 0 Å². The Balaban J connectivity index is 0.000000205. The van der Waals surface area contributed by atoms with E-state index in [0.29, 0.717) is 36.1 Å². The highest BCUT2D eigenvalue weighted by atomic mass is 32.3. The summed E-state index contributed by atoms with van der Waals surface area (Å²) in [5.41, 5.74) is 3.99. The lowest BCUT2D eigenvalue weighted by atomic mass is 10.0. The Morgan fingerprint density at radius 3 is 1.67 bits per heavy atom. The fraction of sp³-hybridized carbons (Fsp3) is 0.800. The third-order valence-corrected chi connectivity index (χ3v) is 9.19. The Bertz CT molecular complexity index is 1600. The molecule has 0 saturated carbocycles. The first-order chi connectivity index (χ1) is 23.7. The minimum atomic E-state index is -5.10. The molecule has 51 heavy (non-hydrogen) atoms. The number of nitrogens with zero attached hydrogens (tertiary/aromatic N) is 5. The predicted octanol–water partition coefficient (Wildman–Crippen LogP) is -2.68. The first-order valence-corrected chi connectivity index (χ1v) is 18.5. The maximum atomic E-state index is 12.4. The van der Waals surface area contributed by atoms with E-state index in [4.69, 9.17) is 19.0 Å². The van der Waals surface area contributed by atoms with E-state index >= 15 is 0 Å². The number of amides is 7. The van der Waals surface area contributed by atoms with Crippen LogP contribution in [0.5, 0.6) is 0 Å². The molecule has 6 aliphatic heterocycles. The smallest absolute Gasteiger partial charge is 0.418 e. The molecular weight excluding hydrogens is 732 g/mol. The van der Waals surface area contributed by atoms with Crippen molar-refractivity contribution in [3.05, 3.63) is 0 Å². The average molecular weight is 772 g/mol. The van der Waals surface area contributed by atoms with Crippen molar-refractivity contribution in [1.82, 2.24) is 41.1 Å². The lowest BCUT2D eigenvalue weighted by Gasteiger charge is -2.39. The van der Waals surface area contributed by atoms with E-state index in [1.807, 2.05) is 0 Å². The predicted molar refractivity (Wildman–Crippen MR) is 162 cm³/mol. The number of hydrogen-bond donors (Lipinski definition) is 4. The van der Waals surface area contributed by atoms with Crippen molar-refractivity contribution in [3.8, 4) is 0 Å². The zero-order chi connectivity index (χ0) is 37.5. The average Bonchev–Trinajstić information content (AvgIpc) is 3.33. The van der Waals surface area contributed by atoms with Crippen LogP contribution in [-0.4, -0.2) is 162 Å². The third-order valence-electron chi connectivity index (χ3n) is 8.49. The van der Waals surface area contributed by atoms with E-state index in [1.165, 1.54) is 9.80 Å². The summed E-state index contributed by atoms with van der Waals surface area (Å²) in [5, 5.41) is 4.08. The van der Waals surface area contributed by atoms with Crippen molar-refractivity contribution < 1.29 is 72.9 Å². The zero-order valence-electron chi connectivity index (χ0n) is 27.7. The second kappa shape index (κ2) is 14.8. The summed E-state index contributed by atoms with van der Waals surface area (Å²) < 4.78 is 76.3. The van der Waals surface area contributed by atoms with Crippen molar-refractivity contribution in [1.29, 1.82) is 0 Å². The molecule has 4 atom stereocenters. The first kappa shape index (κ1) is 38.6. The second-order valence-corrected chi connectivity index (χ2v) is 15.4. The number of likely N-dealkylation sites (tertiary alicyclic amines) is 1. The number of hydrogen-bond acceptors (Lipinski definition) is 16. The Morgan fingerprint density at radius 1 is 0.784 bits per heavy atom. The van der Waals surface area contributed by atoms with Crippen molar-refractivity contribution in [2.75, 3.05) is 39.3 Å². The summed E-state index contributed by atoms with van der Waals surface area (Å²) in [7, 11) is -9.89. The molecule has 0 aliphatic carbocycles. The Morgan fingerprint density at radius 2 is 1.25 bits per heavy atom. The van der Waals surface area contributed by atoms with E-state index in [-0.39, 0.29) is 45.1 Å². The molecule has 26 heteroatoms. The maximum absolute atomic E-state index is 12.4. The van der Waals surface area contributed by atoms with Gasteiger partial charge in [0.15, 0.2) is 0 Å². The standard InChI is InChI=1S/C15H24N4O9S.C10H16N4O7S/c1-15(2,3)26-14(22)17-7-10(8-17)27-16-12(20)11-5-4-9-6-18(11)13(21)19(9)28-29(23,24)25;15-9(12-20-7-3-11-4-7)8-2-1-6-5-13(8)10(16)14(6)21-22(17,18)19/h9-11H,4-8H2,1-3H3,(H,16,20)(H,23,24,25);6-8,11H,1-5H2,(H,12,15)(H,17,18,19)/p-1/t9-,11+;6-,8+/m11/s1. The maximum Gasteiger partial charge on any atom is 0.418 e. The third kappa shape index (κ3) is 9.63. The van der Waals surface area contributed by atoms with E-state index in [9.17, 15) is 45.4 Å². The lowest BCUT2D eigenvalue weighted by molar-refractivity contribution is -0.152. The van der Waals surface area contributed by atoms with E-state index < -0.39 is 86.6 Å². The molecule has 4 N–H and O–H groups in total. The van der Waals surface area contributed by atoms with Crippen LogP contribution in [0, 0.1) is 0 Å². The van der Waals surface area contributed by atoms with Crippen molar-refractivity contribution in [2.24, 2.45) is 0 Å². The van der Waals surface area contributed by atoms with Crippen molar-refractivity contribution in [3.63, 3.8) is 0 Å². The molecule has 0 aromatic heterocycles. The number of rotatable bonds is 10. The van der Waals surface area contributed by atoms with Gasteiger partial charge in [-0.25, -0.2) is 33.8 Å². The number of carbonyl (C=O) groups excluding carboxylic acids is 5. The summed E-state index contributed by atoms with van der Waals surface area (Å²) in [6.45, 7) is 7.25. The van der Waals surface area contributed by atoms with Crippen LogP contribution < -0.4 is 16.3 Å². The summed E-state index contributed by atoms with van der Waals surface area (Å²) >= 11 is 0. The number of urea groups is 2. The summed E-state index contributed by atoms with van der Waals surface area (Å²) in [5.74, 6) is -1.05. The van der Waals surface area contributed by atoms with Crippen molar-refractivity contribution in [2.45, 2.75) is 88.4 Å². The second-order valence-electron chi connectivity index (χ2n) is 13.5. The molecule has 6 aliphatic rings. The fourth-order valence-corrected chi connectivity index (χ4v) is 6.73. The van der Waals surface area contributed by atoms with Crippen LogP contribution in [0.15, 0.2) is 0 Å². The van der Waals surface area contributed by atoms with Crippen LogP contribution in [0.2, 0.25) is 0 Å². The number of fused-ring (bicyclic) bond motifs is 4. The Kier molecular flexibility index (Phi) is 11.2. The van der Waals surface area contributed by atoms with E-state index in [1.54, 1.807) is 20.8 Å². The topological polar surface area (TPSA) is 295 Å². The molecular formula is C25H39N8O16S2-. The molecule has 4 bridgehead atoms. The SMILES string of the molecule is CC(C)(C)OC(=O)N1CC(ONC(=O)[C@@H]2CC[C@@H]3CN2C(=O)N3OS(=O)(=O)[O-])C1.O=C(NOC1CNC1)[C@@H]1CC[C@@H]2CN1C(=O)N2OS(=O)(=O)O. The Labute approximate surface area is 292 Å². The highest BCUT2D eigenvalue weighted by Crippen LogP contribution is 2.32. The van der Waals surface area contributed by atoms with Gasteiger partial charge in [-0.3, -0.25) is 23.8 Å². The van der Waals surface area contributed by atoms with Gasteiger partial charge in [-0.15, -0.1) is 4.28 Å². The number of piperidine rings is 2. The normalized spacial score (nSPS) is 26.6. The molecule has 0 aromatic rings. The number of nitrogens with one attached hydrogen (secondary N) is 3. The molecule has 0 aromatic carbocycles. The van der Waals surface area contributed by atoms with Crippen LogP contribution in [0.4, 0.5) is 14.4 Å². The molecule has 0 radical (unpaired) electrons. The molecule has 7 amide bonds. The summed E-state index contributed by atoms with van der Waals surface area (Å²) in [6.07, 6.45) is 0.278. The first-order valence-electron chi connectivity index (χ1n) is 15.8. The molecule has 24 nitrogen and oxygen atoms in total. The molecule has 6 fully saturated rings. The molecule has 6 heterocycles. The van der Waals surface area contributed by atoms with Gasteiger partial charge in [-0.05, 0) is 46.5 Å². The van der Waals surface area contributed by atoms with E-state index in [2.05, 4.69) is 24.8 Å². The summed E-state index contributed by atoms with van der Waals surface area (Å²) in [6, 6.07) is -4.42. The van der Waals surface area contributed by atoms with Gasteiger partial charge in [0.1, 0.15) is 29.9 Å². The monoisotopic (exact) mass is 771 g/mol. The van der Waals surface area contributed by atoms with Gasteiger partial charge in [0, 0.05) is 26.2 Å². The largest absolute Gasteiger partial charge is 0.724 e. The fourth-order valence-electron chi connectivity index (χ4n) is 5.96. The van der Waals surface area contributed by atoms with Crippen LogP contribution in [0.3, 0.4) is 0 Å². The molecule has 0 spiro atoms. The van der Waals surface area contributed by atoms with Gasteiger partial charge < -0.3 is 29.3 Å². The van der Waals surface area contributed by atoms with Gasteiger partial charge in [-0.2, -0.15) is 22.8 Å². The van der Waals surface area contributed by atoms with Crippen molar-refractivity contribution >= 4 is 50.8 Å². The van der Waals surface area contributed by atoms with Gasteiger partial charge in [0.25, 0.3) is 11.8 Å². The Hall–Kier alpha value is -3.63. The molecule has 6 saturated heterocycles. The minimum absolute atomic E-state index is 0.0578. The molecule has 288 valence electrons. The summed E-state index contributed by atoms with van der Waals surface area (Å²) in [4.78, 5) is 74.9. The van der Waals surface area contributed by atoms with Gasteiger partial charge in [-0.1, -0.05) is 0 Å². The number of hydroxylamine groups is 6. The van der Waals surface area contributed by atoms with Crippen LogP contribution in [-0.2, 0) is 53.4 Å². The van der Waals surface area contributed by atoms with Crippen LogP contribution in [0.1, 0.15) is 46.5 Å². The highest BCUT2D eigenvalue weighted by Gasteiger charge is 2.50. The lowest BCUT2D eigenvalue weighted by Crippen LogP contribution is -2.58. The molecule has 0 unspecified atom stereocenters. The van der Waals surface area contributed by atoms with Gasteiger partial charge >= 0.3 is 28.6 Å². The van der Waals surface area contributed by atoms with Gasteiger partial charge in [0.05, 0.1) is 25.2 Å². The minimum Gasteiger partial charge on any atom is -0.724 e. The highest BCUT2D eigenvalue weighted by molar-refractivity contribution is 7.81. The quantitative estimate of drug-likeness (QED) is 0.1000. The number of carbonyl (C=O) groups is 5. The van der Waals surface area contributed by atoms with E-state index in [0.717, 1.165) is 4.90 Å². The zero-order valence-corrected chi connectivity index (χ0v) is 29.3. The van der Waals surface area contributed by atoms with Crippen LogP contribution in [0.25, 0.3) is 0 Å².